The number of para-hydroxylation sites is 1. The van der Waals surface area contributed by atoms with E-state index >= 15 is 0 Å². The summed E-state index contributed by atoms with van der Waals surface area (Å²) < 4.78 is 25.1. The quantitative estimate of drug-likeness (QED) is 0.338. The standard InChI is InChI=1S/C24H21BrFN3O4/c1-15-7-9-17(10-8-15)24(31)29-27-13-16-11-18(25)23(21(12-16)32-2)33-14-22(30)28-20-6-4-3-5-19(20)26/h3-13H,14H2,1-2H3,(H,28,30)(H,29,31)/b27-13+. The molecule has 0 spiro atoms. The molecule has 0 aliphatic carbocycles. The lowest BCUT2D eigenvalue weighted by Crippen LogP contribution is -2.21. The number of hydrogen-bond acceptors (Lipinski definition) is 5. The van der Waals surface area contributed by atoms with Crippen LogP contribution in [0.3, 0.4) is 0 Å². The summed E-state index contributed by atoms with van der Waals surface area (Å²) in [5, 5.41) is 6.42. The molecule has 0 atom stereocenters. The minimum Gasteiger partial charge on any atom is -0.493 e. The van der Waals surface area contributed by atoms with Crippen molar-refractivity contribution in [3.63, 3.8) is 0 Å². The lowest BCUT2D eigenvalue weighted by atomic mass is 10.1. The Hall–Kier alpha value is -3.72. The van der Waals surface area contributed by atoms with E-state index in [0.29, 0.717) is 27.1 Å². The van der Waals surface area contributed by atoms with Crippen LogP contribution in [0.25, 0.3) is 0 Å². The second-order valence-electron chi connectivity index (χ2n) is 6.92. The molecule has 170 valence electrons. The zero-order valence-corrected chi connectivity index (χ0v) is 19.5. The van der Waals surface area contributed by atoms with Gasteiger partial charge in [0.25, 0.3) is 11.8 Å². The van der Waals surface area contributed by atoms with Gasteiger partial charge in [-0.1, -0.05) is 29.8 Å². The number of anilines is 1. The maximum atomic E-state index is 13.7. The summed E-state index contributed by atoms with van der Waals surface area (Å²) in [6.45, 7) is 1.58. The Morgan fingerprint density at radius 3 is 2.55 bits per heavy atom. The summed E-state index contributed by atoms with van der Waals surface area (Å²) in [7, 11) is 1.45. The molecule has 2 N–H and O–H groups in total. The molecule has 0 aliphatic heterocycles. The first kappa shape index (κ1) is 23.9. The van der Waals surface area contributed by atoms with Crippen LogP contribution in [0.2, 0.25) is 0 Å². The third kappa shape index (κ3) is 6.63. The molecular weight excluding hydrogens is 493 g/mol. The number of carbonyl (C=O) groups is 2. The van der Waals surface area contributed by atoms with Crippen molar-refractivity contribution < 1.29 is 23.5 Å². The highest BCUT2D eigenvalue weighted by molar-refractivity contribution is 9.10. The van der Waals surface area contributed by atoms with Gasteiger partial charge in [0, 0.05) is 5.56 Å². The molecule has 0 fully saturated rings. The van der Waals surface area contributed by atoms with Gasteiger partial charge in [0.15, 0.2) is 18.1 Å². The van der Waals surface area contributed by atoms with E-state index < -0.39 is 11.7 Å². The molecule has 0 aromatic heterocycles. The largest absolute Gasteiger partial charge is 0.493 e. The van der Waals surface area contributed by atoms with Crippen molar-refractivity contribution in [2.45, 2.75) is 6.92 Å². The second kappa shape index (κ2) is 11.2. The lowest BCUT2D eigenvalue weighted by molar-refractivity contribution is -0.118. The summed E-state index contributed by atoms with van der Waals surface area (Å²) >= 11 is 3.39. The van der Waals surface area contributed by atoms with Crippen LogP contribution in [-0.4, -0.2) is 31.7 Å². The van der Waals surface area contributed by atoms with E-state index in [2.05, 4.69) is 31.8 Å². The van der Waals surface area contributed by atoms with Gasteiger partial charge in [0.1, 0.15) is 5.82 Å². The summed E-state index contributed by atoms with van der Waals surface area (Å²) in [5.74, 6) is -0.768. The average Bonchev–Trinajstić information content (AvgIpc) is 2.80. The number of halogens is 2. The minimum absolute atomic E-state index is 0.0661. The van der Waals surface area contributed by atoms with Crippen LogP contribution in [0.4, 0.5) is 10.1 Å². The van der Waals surface area contributed by atoms with Crippen LogP contribution in [-0.2, 0) is 4.79 Å². The van der Waals surface area contributed by atoms with E-state index in [4.69, 9.17) is 9.47 Å². The Labute approximate surface area is 198 Å². The predicted molar refractivity (Wildman–Crippen MR) is 127 cm³/mol. The zero-order valence-electron chi connectivity index (χ0n) is 17.9. The van der Waals surface area contributed by atoms with Crippen molar-refractivity contribution in [3.8, 4) is 11.5 Å². The first-order chi connectivity index (χ1) is 15.9. The number of hydrogen-bond donors (Lipinski definition) is 2. The predicted octanol–water partition coefficient (Wildman–Crippen LogP) is 4.69. The normalized spacial score (nSPS) is 10.7. The Morgan fingerprint density at radius 1 is 1.12 bits per heavy atom. The van der Waals surface area contributed by atoms with E-state index in [-0.39, 0.29) is 18.2 Å². The monoisotopic (exact) mass is 513 g/mol. The molecule has 0 heterocycles. The third-order valence-electron chi connectivity index (χ3n) is 4.44. The van der Waals surface area contributed by atoms with Gasteiger partial charge in [-0.2, -0.15) is 5.10 Å². The van der Waals surface area contributed by atoms with E-state index in [1.165, 1.54) is 31.5 Å². The van der Waals surface area contributed by atoms with Crippen LogP contribution >= 0.6 is 15.9 Å². The highest BCUT2D eigenvalue weighted by atomic mass is 79.9. The van der Waals surface area contributed by atoms with Crippen LogP contribution in [0, 0.1) is 12.7 Å². The maximum absolute atomic E-state index is 13.7. The number of methoxy groups -OCH3 is 1. The van der Waals surface area contributed by atoms with Crippen LogP contribution < -0.4 is 20.2 Å². The molecule has 7 nitrogen and oxygen atoms in total. The van der Waals surface area contributed by atoms with Gasteiger partial charge in [-0.3, -0.25) is 9.59 Å². The number of rotatable bonds is 8. The first-order valence-corrected chi connectivity index (χ1v) is 10.6. The van der Waals surface area contributed by atoms with Gasteiger partial charge in [-0.25, -0.2) is 9.82 Å². The topological polar surface area (TPSA) is 89.0 Å². The van der Waals surface area contributed by atoms with Gasteiger partial charge in [-0.15, -0.1) is 0 Å². The molecule has 0 aliphatic rings. The number of benzene rings is 3. The molecule has 3 aromatic carbocycles. The number of hydrazone groups is 1. The van der Waals surface area contributed by atoms with Gasteiger partial charge in [0.05, 0.1) is 23.5 Å². The van der Waals surface area contributed by atoms with E-state index in [0.717, 1.165) is 5.56 Å². The van der Waals surface area contributed by atoms with Crippen LogP contribution in [0.1, 0.15) is 21.5 Å². The second-order valence-corrected chi connectivity index (χ2v) is 7.77. The van der Waals surface area contributed by atoms with Gasteiger partial charge in [-0.05, 0) is 64.8 Å². The van der Waals surface area contributed by atoms with Crippen molar-refractivity contribution in [2.75, 3.05) is 19.0 Å². The van der Waals surface area contributed by atoms with Gasteiger partial charge in [0.2, 0.25) is 0 Å². The van der Waals surface area contributed by atoms with Gasteiger partial charge >= 0.3 is 0 Å². The molecule has 0 saturated heterocycles. The number of ether oxygens (including phenoxy) is 2. The number of nitrogens with zero attached hydrogens (tertiary/aromatic N) is 1. The van der Waals surface area contributed by atoms with E-state index in [9.17, 15) is 14.0 Å². The van der Waals surface area contributed by atoms with Crippen molar-refractivity contribution >= 4 is 39.6 Å². The fraction of sp³-hybridized carbons (Fsp3) is 0.125. The number of amides is 2. The van der Waals surface area contributed by atoms with Crippen LogP contribution in [0.15, 0.2) is 70.2 Å². The molecule has 3 rings (SSSR count). The first-order valence-electron chi connectivity index (χ1n) is 9.82. The third-order valence-corrected chi connectivity index (χ3v) is 5.03. The number of carbonyl (C=O) groups excluding carboxylic acids is 2. The molecule has 0 bridgehead atoms. The average molecular weight is 514 g/mol. The highest BCUT2D eigenvalue weighted by Gasteiger charge is 2.14. The molecule has 3 aromatic rings. The van der Waals surface area contributed by atoms with Crippen LogP contribution in [0.5, 0.6) is 11.5 Å². The molecule has 9 heteroatoms. The minimum atomic E-state index is -0.539. The highest BCUT2D eigenvalue weighted by Crippen LogP contribution is 2.36. The fourth-order valence-electron chi connectivity index (χ4n) is 2.78. The Morgan fingerprint density at radius 2 is 1.85 bits per heavy atom. The van der Waals surface area contributed by atoms with Crippen molar-refractivity contribution in [1.29, 1.82) is 0 Å². The molecule has 33 heavy (non-hydrogen) atoms. The summed E-state index contributed by atoms with van der Waals surface area (Å²) in [6, 6.07) is 16.3. The van der Waals surface area contributed by atoms with Crippen molar-refractivity contribution in [1.82, 2.24) is 5.43 Å². The molecule has 0 saturated carbocycles. The zero-order chi connectivity index (χ0) is 23.8. The lowest BCUT2D eigenvalue weighted by Gasteiger charge is -2.13. The van der Waals surface area contributed by atoms with Crippen molar-refractivity contribution in [2.24, 2.45) is 5.10 Å². The fourth-order valence-corrected chi connectivity index (χ4v) is 3.35. The Bertz CT molecular complexity index is 1180. The molecular formula is C24H21BrFN3O4. The summed E-state index contributed by atoms with van der Waals surface area (Å²) in [4.78, 5) is 24.3. The summed E-state index contributed by atoms with van der Waals surface area (Å²) in [5.41, 5.74) is 4.70. The Balaban J connectivity index is 1.63. The smallest absolute Gasteiger partial charge is 0.271 e. The van der Waals surface area contributed by atoms with Gasteiger partial charge < -0.3 is 14.8 Å². The van der Waals surface area contributed by atoms with E-state index in [1.54, 1.807) is 30.3 Å². The Kier molecular flexibility index (Phi) is 8.15. The SMILES string of the molecule is COc1cc(/C=N/NC(=O)c2ccc(C)cc2)cc(Br)c1OCC(=O)Nc1ccccc1F. The van der Waals surface area contributed by atoms with E-state index in [1.807, 2.05) is 19.1 Å². The van der Waals surface area contributed by atoms with Crippen molar-refractivity contribution in [3.05, 3.63) is 87.6 Å². The molecule has 0 unspecified atom stereocenters. The maximum Gasteiger partial charge on any atom is 0.271 e. The molecule has 0 radical (unpaired) electrons. The summed E-state index contributed by atoms with van der Waals surface area (Å²) in [6.07, 6.45) is 1.45. The number of nitrogens with one attached hydrogen (secondary N) is 2. The molecule has 2 amide bonds. The number of aryl methyl sites for hydroxylation is 1.